The van der Waals surface area contributed by atoms with Gasteiger partial charge in [-0.1, -0.05) is 38.8 Å². The summed E-state index contributed by atoms with van der Waals surface area (Å²) in [5.41, 5.74) is -6.81. The van der Waals surface area contributed by atoms with Crippen molar-refractivity contribution >= 4 is 29.8 Å². The lowest BCUT2D eigenvalue weighted by molar-refractivity contribution is -0.230. The van der Waals surface area contributed by atoms with Crippen molar-refractivity contribution in [1.29, 1.82) is 0 Å². The van der Waals surface area contributed by atoms with Gasteiger partial charge in [-0.15, -0.1) is 0 Å². The molecule has 2 fully saturated rings. The van der Waals surface area contributed by atoms with Crippen molar-refractivity contribution < 1.29 is 62.6 Å². The van der Waals surface area contributed by atoms with E-state index >= 15 is 0 Å². The summed E-state index contributed by atoms with van der Waals surface area (Å²) >= 11 is 0. The van der Waals surface area contributed by atoms with Crippen LogP contribution in [0.4, 0.5) is 0 Å². The van der Waals surface area contributed by atoms with Crippen LogP contribution in [-0.4, -0.2) is 93.5 Å². The van der Waals surface area contributed by atoms with Gasteiger partial charge in [-0.2, -0.15) is 0 Å². The van der Waals surface area contributed by atoms with E-state index in [2.05, 4.69) is 0 Å². The second kappa shape index (κ2) is 12.1. The van der Waals surface area contributed by atoms with Crippen LogP contribution in [-0.2, 0) is 52.4 Å². The van der Waals surface area contributed by atoms with E-state index < -0.39 is 94.6 Å². The van der Waals surface area contributed by atoms with Gasteiger partial charge in [0, 0.05) is 38.5 Å². The summed E-state index contributed by atoms with van der Waals surface area (Å²) in [4.78, 5) is 64.5. The second-order valence-corrected chi connectivity index (χ2v) is 13.0. The Hall–Kier alpha value is -3.29. The van der Waals surface area contributed by atoms with Gasteiger partial charge >= 0.3 is 29.8 Å². The van der Waals surface area contributed by atoms with Crippen LogP contribution >= 0.6 is 0 Å². The summed E-state index contributed by atoms with van der Waals surface area (Å²) in [7, 11) is 0. The fraction of sp³-hybridized carbons (Fsp3) is 0.719. The molecule has 4 rings (SSSR count). The van der Waals surface area contributed by atoms with E-state index in [0.29, 0.717) is 6.42 Å². The molecule has 2 saturated heterocycles. The van der Waals surface area contributed by atoms with Gasteiger partial charge in [0.15, 0.2) is 35.6 Å². The largest absolute Gasteiger partial charge is 0.459 e. The Labute approximate surface area is 262 Å². The number of unbranched alkanes of at least 4 members (excludes halogenated alkanes) is 2. The number of rotatable bonds is 8. The van der Waals surface area contributed by atoms with Crippen molar-refractivity contribution in [3.8, 4) is 0 Å². The smallest absolute Gasteiger partial charge is 0.342 e. The molecule has 2 aliphatic heterocycles. The molecule has 0 aromatic rings. The summed E-state index contributed by atoms with van der Waals surface area (Å²) in [6.07, 6.45) is -2.13. The lowest BCUT2D eigenvalue weighted by Gasteiger charge is -2.55. The van der Waals surface area contributed by atoms with Crippen LogP contribution in [0, 0.1) is 11.3 Å². The summed E-state index contributed by atoms with van der Waals surface area (Å²) in [6, 6.07) is 0. The van der Waals surface area contributed by atoms with Crippen LogP contribution in [0.2, 0.25) is 0 Å². The first kappa shape index (κ1) is 34.6. The molecule has 4 aliphatic rings. The Kier molecular flexibility index (Phi) is 9.33. The van der Waals surface area contributed by atoms with Crippen LogP contribution in [0.25, 0.3) is 0 Å². The fourth-order valence-corrected chi connectivity index (χ4v) is 7.38. The molecule has 13 nitrogen and oxygen atoms in total. The van der Waals surface area contributed by atoms with Crippen molar-refractivity contribution in [2.45, 2.75) is 135 Å². The first-order valence-corrected chi connectivity index (χ1v) is 15.3. The zero-order valence-electron chi connectivity index (χ0n) is 27.0. The highest BCUT2D eigenvalue weighted by atomic mass is 16.7. The number of ether oxygens (including phenoxy) is 6. The Morgan fingerprint density at radius 3 is 2.09 bits per heavy atom. The molecule has 2 aliphatic carbocycles. The number of aliphatic hydroxyl groups excluding tert-OH is 1. The molecule has 250 valence electrons. The molecule has 0 aromatic carbocycles. The molecule has 13 heteroatoms. The van der Waals surface area contributed by atoms with Gasteiger partial charge in [0.1, 0.15) is 12.2 Å². The van der Waals surface area contributed by atoms with E-state index in [9.17, 15) is 34.2 Å². The summed E-state index contributed by atoms with van der Waals surface area (Å²) in [6.45, 7) is 11.3. The maximum atomic E-state index is 13.3. The van der Waals surface area contributed by atoms with Gasteiger partial charge in [-0.25, -0.2) is 4.79 Å². The van der Waals surface area contributed by atoms with Crippen molar-refractivity contribution in [1.82, 2.24) is 0 Å². The number of carbonyl (C=O) groups is 5. The van der Waals surface area contributed by atoms with Crippen LogP contribution in [0.15, 0.2) is 23.8 Å². The average molecular weight is 637 g/mol. The number of hydrogen-bond donors (Lipinski definition) is 2. The number of fused-ring (bicyclic) bond motifs is 1. The summed E-state index contributed by atoms with van der Waals surface area (Å²) < 4.78 is 35.5. The average Bonchev–Trinajstić information content (AvgIpc) is 3.51. The normalized spacial score (nSPS) is 42.8. The number of esters is 5. The Balaban J connectivity index is 2.05. The van der Waals surface area contributed by atoms with E-state index in [1.807, 2.05) is 6.92 Å². The molecule has 2 heterocycles. The molecule has 2 unspecified atom stereocenters. The number of carbonyl (C=O) groups excluding carboxylic acids is 5. The minimum absolute atomic E-state index is 0.0569. The van der Waals surface area contributed by atoms with Crippen molar-refractivity contribution in [2.24, 2.45) is 11.3 Å². The van der Waals surface area contributed by atoms with Gasteiger partial charge in [0.2, 0.25) is 0 Å². The van der Waals surface area contributed by atoms with Crippen molar-refractivity contribution in [3.63, 3.8) is 0 Å². The predicted molar refractivity (Wildman–Crippen MR) is 154 cm³/mol. The van der Waals surface area contributed by atoms with E-state index in [1.54, 1.807) is 13.8 Å². The second-order valence-electron chi connectivity index (χ2n) is 13.0. The molecule has 2 N–H and O–H groups in total. The van der Waals surface area contributed by atoms with Gasteiger partial charge in [-0.05, 0) is 38.8 Å². The standard InChI is InChI=1S/C32H44O13/c1-9-10-11-12-22(37)44-23-16(2)15-21-32(31(8,45-32)28(38)43-21)27(42-19(5)35)25-29(6,14-13-20(36)30(25,7)39)26(41-18(4)34)24(23)40-17(3)33/h13-15,20-21,23-27,36,39H,9-12H2,1-8H3/b16-15-/t20-,21+,23?,24-,25-,26+,27?,29+,30-,31+,32+/m1/s1. The Morgan fingerprint density at radius 2 is 1.53 bits per heavy atom. The summed E-state index contributed by atoms with van der Waals surface area (Å²) in [5.74, 6) is -5.13. The van der Waals surface area contributed by atoms with Gasteiger partial charge in [-0.3, -0.25) is 19.2 Å². The molecule has 0 saturated carbocycles. The van der Waals surface area contributed by atoms with Crippen molar-refractivity contribution in [2.75, 3.05) is 0 Å². The minimum Gasteiger partial charge on any atom is -0.459 e. The minimum atomic E-state index is -2.12. The highest BCUT2D eigenvalue weighted by molar-refractivity contribution is 5.89. The van der Waals surface area contributed by atoms with Gasteiger partial charge in [0.25, 0.3) is 0 Å². The van der Waals surface area contributed by atoms with E-state index in [1.165, 1.54) is 32.1 Å². The molecular weight excluding hydrogens is 592 g/mol. The zero-order chi connectivity index (χ0) is 33.7. The SMILES string of the molecule is CCCCCC(=O)OC1/C(C)=C\[C@@H]2OC(=O)[C@]3(C)O[C@]23C(OC(C)=O)[C@H]2[C@](C)(O)[C@H](O)C=C[C@]2(C)[C@@H](OC(C)=O)[C@@H]1OC(C)=O. The third-order valence-corrected chi connectivity index (χ3v) is 9.59. The van der Waals surface area contributed by atoms with Crippen LogP contribution in [0.5, 0.6) is 0 Å². The first-order valence-electron chi connectivity index (χ1n) is 15.3. The fourth-order valence-electron chi connectivity index (χ4n) is 7.38. The Bertz CT molecular complexity index is 1300. The molecule has 1 spiro atoms. The number of epoxide rings is 1. The maximum absolute atomic E-state index is 13.3. The molecule has 11 atom stereocenters. The van der Waals surface area contributed by atoms with Gasteiger partial charge in [0.05, 0.1) is 5.60 Å². The third kappa shape index (κ3) is 5.78. The van der Waals surface area contributed by atoms with Crippen LogP contribution in [0.1, 0.15) is 81.1 Å². The quantitative estimate of drug-likeness (QED) is 0.130. The molecular formula is C32H44O13. The number of aliphatic hydroxyl groups is 2. The van der Waals surface area contributed by atoms with Gasteiger partial charge < -0.3 is 38.6 Å². The lowest BCUT2D eigenvalue weighted by atomic mass is 9.55. The molecule has 0 radical (unpaired) electrons. The molecule has 0 amide bonds. The Morgan fingerprint density at radius 1 is 0.933 bits per heavy atom. The lowest BCUT2D eigenvalue weighted by Crippen LogP contribution is -2.69. The highest BCUT2D eigenvalue weighted by Crippen LogP contribution is 2.65. The van der Waals surface area contributed by atoms with E-state index in [0.717, 1.165) is 33.6 Å². The first-order chi connectivity index (χ1) is 20.9. The predicted octanol–water partition coefficient (Wildman–Crippen LogP) is 1.99. The monoisotopic (exact) mass is 636 g/mol. The molecule has 0 aromatic heterocycles. The number of hydrogen-bond acceptors (Lipinski definition) is 13. The van der Waals surface area contributed by atoms with Crippen LogP contribution < -0.4 is 0 Å². The third-order valence-electron chi connectivity index (χ3n) is 9.59. The van der Waals surface area contributed by atoms with Crippen molar-refractivity contribution in [3.05, 3.63) is 23.8 Å². The topological polar surface area (TPSA) is 184 Å². The van der Waals surface area contributed by atoms with Crippen LogP contribution in [0.3, 0.4) is 0 Å². The molecule has 0 bridgehead atoms. The highest BCUT2D eigenvalue weighted by Gasteiger charge is 2.88. The maximum Gasteiger partial charge on any atom is 0.342 e. The van der Waals surface area contributed by atoms with E-state index in [4.69, 9.17) is 28.4 Å². The molecule has 45 heavy (non-hydrogen) atoms. The zero-order valence-corrected chi connectivity index (χ0v) is 27.0. The van der Waals surface area contributed by atoms with E-state index in [-0.39, 0.29) is 12.0 Å². The summed E-state index contributed by atoms with van der Waals surface area (Å²) in [5, 5.41) is 23.1.